The lowest BCUT2D eigenvalue weighted by molar-refractivity contribution is 0.410. The first-order valence-corrected chi connectivity index (χ1v) is 29.4. The summed E-state index contributed by atoms with van der Waals surface area (Å²) in [5, 5.41) is 6.95. The van der Waals surface area contributed by atoms with E-state index in [1.54, 1.807) is 22.7 Å². The van der Waals surface area contributed by atoms with Crippen LogP contribution in [0.4, 0.5) is 0 Å². The SMILES string of the molecule is CCCCCCCCC(CCCCCCCC)n1c2cc(-c3ccc(-c4ccc(-c5cccs5)c5nsnc45)s3)ccc2c2ccc(-c3ccc(-c4ccc(-c5cccs5)c5nsnc45)s3)cc21. The minimum atomic E-state index is 0.426. The van der Waals surface area contributed by atoms with E-state index in [2.05, 4.69) is 138 Å². The van der Waals surface area contributed by atoms with Crippen LogP contribution in [-0.2, 0) is 0 Å². The summed E-state index contributed by atoms with van der Waals surface area (Å²) in [5.74, 6) is 0. The van der Waals surface area contributed by atoms with Crippen molar-refractivity contribution in [1.29, 1.82) is 0 Å². The second-order valence-electron chi connectivity index (χ2n) is 18.1. The second-order valence-corrected chi connectivity index (χ2v) is 23.2. The Labute approximate surface area is 423 Å². The predicted molar refractivity (Wildman–Crippen MR) is 301 cm³/mol. The summed E-state index contributed by atoms with van der Waals surface area (Å²) < 4.78 is 22.0. The van der Waals surface area contributed by atoms with Crippen LogP contribution >= 0.6 is 68.8 Å². The van der Waals surface area contributed by atoms with Crippen molar-refractivity contribution in [3.63, 3.8) is 0 Å². The monoisotopic (exact) mass is 1000 g/mol. The van der Waals surface area contributed by atoms with Crippen LogP contribution in [0.5, 0.6) is 0 Å². The number of nitrogens with zero attached hydrogens (tertiary/aromatic N) is 5. The van der Waals surface area contributed by atoms with E-state index in [0.717, 1.165) is 44.3 Å². The summed E-state index contributed by atoms with van der Waals surface area (Å²) in [5.41, 5.74) is 13.9. The molecular formula is C57H55N5S6. The Kier molecular flexibility index (Phi) is 14.1. The van der Waals surface area contributed by atoms with Gasteiger partial charge in [0.2, 0.25) is 0 Å². The lowest BCUT2D eigenvalue weighted by Gasteiger charge is -2.22. The molecule has 0 aliphatic carbocycles. The molecule has 0 N–H and O–H groups in total. The molecule has 7 aromatic heterocycles. The summed E-state index contributed by atoms with van der Waals surface area (Å²) in [6.07, 6.45) is 18.2. The van der Waals surface area contributed by atoms with Crippen molar-refractivity contribution in [3.8, 4) is 62.6 Å². The molecule has 11 aromatic rings. The fourth-order valence-electron chi connectivity index (χ4n) is 10.1. The predicted octanol–water partition coefficient (Wildman–Crippen LogP) is 20.1. The normalized spacial score (nSPS) is 12.0. The first-order chi connectivity index (χ1) is 33.7. The molecule has 0 saturated carbocycles. The van der Waals surface area contributed by atoms with Crippen LogP contribution in [0.2, 0.25) is 0 Å². The third-order valence-electron chi connectivity index (χ3n) is 13.7. The van der Waals surface area contributed by atoms with Crippen molar-refractivity contribution in [1.82, 2.24) is 22.1 Å². The van der Waals surface area contributed by atoms with Gasteiger partial charge >= 0.3 is 0 Å². The fraction of sp³-hybridized carbons (Fsp3) is 0.298. The molecule has 0 fully saturated rings. The molecule has 5 nitrogen and oxygen atoms in total. The van der Waals surface area contributed by atoms with Gasteiger partial charge in [-0.25, -0.2) is 0 Å². The molecule has 11 heteroatoms. The fourth-order valence-corrected chi connectivity index (χ4v) is 14.8. The van der Waals surface area contributed by atoms with Crippen LogP contribution in [0, 0.1) is 0 Å². The van der Waals surface area contributed by atoms with Gasteiger partial charge in [-0.05, 0) is 83.3 Å². The number of hydrogen-bond donors (Lipinski definition) is 0. The lowest BCUT2D eigenvalue weighted by atomic mass is 9.99. The summed E-state index contributed by atoms with van der Waals surface area (Å²) in [6.45, 7) is 4.63. The number of thiophene rings is 4. The van der Waals surface area contributed by atoms with Crippen LogP contribution in [0.15, 0.2) is 120 Å². The molecule has 7 heterocycles. The summed E-state index contributed by atoms with van der Waals surface area (Å²) >= 11 is 9.85. The molecule has 4 aromatic carbocycles. The molecule has 0 saturated heterocycles. The van der Waals surface area contributed by atoms with Gasteiger partial charge in [-0.1, -0.05) is 152 Å². The van der Waals surface area contributed by atoms with Crippen LogP contribution in [-0.4, -0.2) is 22.1 Å². The van der Waals surface area contributed by atoms with E-state index in [4.69, 9.17) is 17.5 Å². The maximum Gasteiger partial charge on any atom is 0.114 e. The number of unbranched alkanes of at least 4 members (excludes halogenated alkanes) is 10. The molecule has 344 valence electrons. The summed E-state index contributed by atoms with van der Waals surface area (Å²) in [7, 11) is 0. The molecule has 0 spiro atoms. The second kappa shape index (κ2) is 21.0. The zero-order valence-electron chi connectivity index (χ0n) is 38.7. The van der Waals surface area contributed by atoms with Crippen molar-refractivity contribution < 1.29 is 0 Å². The topological polar surface area (TPSA) is 56.5 Å². The minimum Gasteiger partial charge on any atom is -0.337 e. The Morgan fingerprint density at radius 3 is 1.22 bits per heavy atom. The van der Waals surface area contributed by atoms with Crippen molar-refractivity contribution in [3.05, 3.63) is 120 Å². The van der Waals surface area contributed by atoms with E-state index in [9.17, 15) is 0 Å². The number of benzene rings is 4. The van der Waals surface area contributed by atoms with Crippen LogP contribution in [0.1, 0.15) is 110 Å². The largest absolute Gasteiger partial charge is 0.337 e. The standard InChI is InChI=1S/C57H55N5S6/c1-3-5-7-9-11-13-17-39(18-14-12-10-8-6-4-2)62-46-35-37(48-29-31-52(65-48)44-27-25-42(50-19-15-33-63-50)54-56(44)60-67-58-54)21-23-40(46)41-24-22-38(36-47(41)62)49-30-32-53(66-49)45-28-26-43(51-20-16-34-64-51)55-57(45)61-68-59-55/h15-16,19-36,39H,3-14,17-18H2,1-2H3. The van der Waals surface area contributed by atoms with E-state index >= 15 is 0 Å². The van der Waals surface area contributed by atoms with Gasteiger partial charge in [-0.2, -0.15) is 17.5 Å². The van der Waals surface area contributed by atoms with E-state index < -0.39 is 0 Å². The molecule has 0 radical (unpaired) electrons. The highest BCUT2D eigenvalue weighted by Crippen LogP contribution is 2.45. The van der Waals surface area contributed by atoms with Crippen LogP contribution < -0.4 is 0 Å². The number of aromatic nitrogens is 5. The zero-order valence-corrected chi connectivity index (χ0v) is 43.6. The molecule has 0 atom stereocenters. The van der Waals surface area contributed by atoms with Crippen molar-refractivity contribution in [2.24, 2.45) is 0 Å². The van der Waals surface area contributed by atoms with Crippen molar-refractivity contribution in [2.45, 2.75) is 110 Å². The first-order valence-electron chi connectivity index (χ1n) is 24.5. The summed E-state index contributed by atoms with van der Waals surface area (Å²) in [4.78, 5) is 7.47. The van der Waals surface area contributed by atoms with Gasteiger partial charge in [-0.3, -0.25) is 0 Å². The Bertz CT molecular complexity index is 3190. The highest BCUT2D eigenvalue weighted by Gasteiger charge is 2.22. The molecule has 0 amide bonds. The molecule has 0 aliphatic heterocycles. The third-order valence-corrected chi connectivity index (χ3v) is 18.9. The highest BCUT2D eigenvalue weighted by molar-refractivity contribution is 7.19. The Balaban J connectivity index is 0.981. The Morgan fingerprint density at radius 2 is 0.809 bits per heavy atom. The highest BCUT2D eigenvalue weighted by atomic mass is 32.1. The van der Waals surface area contributed by atoms with Gasteiger partial charge in [0.1, 0.15) is 22.1 Å². The molecule has 0 aliphatic rings. The summed E-state index contributed by atoms with van der Waals surface area (Å²) in [6, 6.07) is 41.7. The van der Waals surface area contributed by atoms with Crippen molar-refractivity contribution in [2.75, 3.05) is 0 Å². The number of rotatable bonds is 21. The Morgan fingerprint density at radius 1 is 0.412 bits per heavy atom. The number of hydrogen-bond acceptors (Lipinski definition) is 10. The van der Waals surface area contributed by atoms with E-state index in [1.165, 1.54) is 176 Å². The van der Waals surface area contributed by atoms with Gasteiger partial charge in [0, 0.05) is 68.3 Å². The molecule has 11 rings (SSSR count). The molecule has 0 bridgehead atoms. The van der Waals surface area contributed by atoms with Gasteiger partial charge < -0.3 is 4.57 Å². The Hall–Kier alpha value is -4.88. The maximum atomic E-state index is 4.84. The first kappa shape index (κ1) is 45.6. The van der Waals surface area contributed by atoms with Crippen LogP contribution in [0.25, 0.3) is 107 Å². The average Bonchev–Trinajstić information content (AvgIpc) is 4.23. The van der Waals surface area contributed by atoms with E-state index in [0.29, 0.717) is 6.04 Å². The molecule has 68 heavy (non-hydrogen) atoms. The van der Waals surface area contributed by atoms with Gasteiger partial charge in [0.05, 0.1) is 34.5 Å². The zero-order chi connectivity index (χ0) is 45.8. The van der Waals surface area contributed by atoms with Gasteiger partial charge in [0.25, 0.3) is 0 Å². The molecule has 0 unspecified atom stereocenters. The van der Waals surface area contributed by atoms with E-state index in [1.807, 2.05) is 22.7 Å². The van der Waals surface area contributed by atoms with Crippen LogP contribution in [0.3, 0.4) is 0 Å². The minimum absolute atomic E-state index is 0.426. The smallest absolute Gasteiger partial charge is 0.114 e. The maximum absolute atomic E-state index is 4.84. The molecular weight excluding hydrogens is 947 g/mol. The third kappa shape index (κ3) is 9.18. The quantitative estimate of drug-likeness (QED) is 0.0673. The lowest BCUT2D eigenvalue weighted by Crippen LogP contribution is -2.09. The van der Waals surface area contributed by atoms with Gasteiger partial charge in [-0.15, -0.1) is 45.3 Å². The number of fused-ring (bicyclic) bond motifs is 5. The average molecular weight is 1000 g/mol. The van der Waals surface area contributed by atoms with E-state index in [-0.39, 0.29) is 0 Å². The van der Waals surface area contributed by atoms with Crippen molar-refractivity contribution >= 4 is 113 Å². The van der Waals surface area contributed by atoms with Gasteiger partial charge in [0.15, 0.2) is 0 Å².